The normalized spacial score (nSPS) is 14.5. The van der Waals surface area contributed by atoms with Crippen LogP contribution in [0.25, 0.3) is 6.08 Å². The molecule has 0 aromatic carbocycles. The van der Waals surface area contributed by atoms with Crippen LogP contribution in [0.1, 0.15) is 11.3 Å². The van der Waals surface area contributed by atoms with E-state index in [0.717, 1.165) is 22.2 Å². The predicted molar refractivity (Wildman–Crippen MR) is 47.7 cm³/mol. The molecule has 0 radical (unpaired) electrons. The van der Waals surface area contributed by atoms with Crippen molar-refractivity contribution in [1.82, 2.24) is 9.97 Å². The van der Waals surface area contributed by atoms with Crippen molar-refractivity contribution < 1.29 is 0 Å². The SMILES string of the molecule is Clc1ncnc2c1CC(Br)=C2. The zero-order valence-corrected chi connectivity index (χ0v) is 7.85. The van der Waals surface area contributed by atoms with Crippen LogP contribution in [0, 0.1) is 0 Å². The third-order valence-electron chi connectivity index (χ3n) is 1.57. The average Bonchev–Trinajstić information content (AvgIpc) is 2.31. The Morgan fingerprint density at radius 1 is 1.45 bits per heavy atom. The Morgan fingerprint density at radius 2 is 2.27 bits per heavy atom. The van der Waals surface area contributed by atoms with E-state index in [0.29, 0.717) is 5.15 Å². The van der Waals surface area contributed by atoms with E-state index in [4.69, 9.17) is 11.6 Å². The fourth-order valence-corrected chi connectivity index (χ4v) is 1.76. The fourth-order valence-electron chi connectivity index (χ4n) is 1.06. The van der Waals surface area contributed by atoms with Gasteiger partial charge in [-0.05, 0) is 6.08 Å². The molecule has 0 N–H and O–H groups in total. The van der Waals surface area contributed by atoms with Crippen molar-refractivity contribution in [2.75, 3.05) is 0 Å². The highest BCUT2D eigenvalue weighted by Gasteiger charge is 2.15. The molecule has 56 valence electrons. The largest absolute Gasteiger partial charge is 0.237 e. The van der Waals surface area contributed by atoms with Gasteiger partial charge in [-0.2, -0.15) is 0 Å². The first-order valence-electron chi connectivity index (χ1n) is 3.13. The zero-order valence-electron chi connectivity index (χ0n) is 5.51. The summed E-state index contributed by atoms with van der Waals surface area (Å²) in [5.41, 5.74) is 1.94. The van der Waals surface area contributed by atoms with Crippen molar-refractivity contribution in [2.45, 2.75) is 6.42 Å². The van der Waals surface area contributed by atoms with Crippen LogP contribution in [0.15, 0.2) is 10.8 Å². The summed E-state index contributed by atoms with van der Waals surface area (Å²) in [6.45, 7) is 0. The fraction of sp³-hybridized carbons (Fsp3) is 0.143. The van der Waals surface area contributed by atoms with E-state index in [2.05, 4.69) is 25.9 Å². The number of rotatable bonds is 0. The molecule has 0 saturated heterocycles. The average molecular weight is 231 g/mol. The monoisotopic (exact) mass is 230 g/mol. The van der Waals surface area contributed by atoms with Crippen LogP contribution in [0.4, 0.5) is 0 Å². The van der Waals surface area contributed by atoms with Gasteiger partial charge in [-0.3, -0.25) is 0 Å². The smallest absolute Gasteiger partial charge is 0.136 e. The van der Waals surface area contributed by atoms with Crippen LogP contribution in [0.3, 0.4) is 0 Å². The molecule has 4 heteroatoms. The van der Waals surface area contributed by atoms with Crippen LogP contribution < -0.4 is 0 Å². The maximum absolute atomic E-state index is 5.83. The molecule has 1 aliphatic carbocycles. The number of allylic oxidation sites excluding steroid dienone is 1. The van der Waals surface area contributed by atoms with E-state index in [9.17, 15) is 0 Å². The molecule has 2 nitrogen and oxygen atoms in total. The molecule has 0 amide bonds. The lowest BCUT2D eigenvalue weighted by Crippen LogP contribution is -1.90. The Labute approximate surface area is 77.4 Å². The summed E-state index contributed by atoms with van der Waals surface area (Å²) in [6, 6.07) is 0. The minimum absolute atomic E-state index is 0.556. The Kier molecular flexibility index (Phi) is 1.69. The second kappa shape index (κ2) is 2.57. The van der Waals surface area contributed by atoms with Gasteiger partial charge in [0.15, 0.2) is 0 Å². The van der Waals surface area contributed by atoms with Gasteiger partial charge in [0.2, 0.25) is 0 Å². The van der Waals surface area contributed by atoms with Gasteiger partial charge in [0.25, 0.3) is 0 Å². The summed E-state index contributed by atoms with van der Waals surface area (Å²) in [5.74, 6) is 0. The minimum Gasteiger partial charge on any atom is -0.237 e. The molecule has 1 heterocycles. The van der Waals surface area contributed by atoms with Gasteiger partial charge in [-0.15, -0.1) is 0 Å². The van der Waals surface area contributed by atoms with E-state index in [1.54, 1.807) is 0 Å². The molecular weight excluding hydrogens is 227 g/mol. The van der Waals surface area contributed by atoms with E-state index in [1.807, 2.05) is 6.08 Å². The van der Waals surface area contributed by atoms with Crippen LogP contribution in [0.5, 0.6) is 0 Å². The molecule has 1 aromatic rings. The molecule has 1 aromatic heterocycles. The van der Waals surface area contributed by atoms with E-state index in [-0.39, 0.29) is 0 Å². The maximum Gasteiger partial charge on any atom is 0.136 e. The van der Waals surface area contributed by atoms with Crippen LogP contribution >= 0.6 is 27.5 Å². The summed E-state index contributed by atoms with van der Waals surface area (Å²) >= 11 is 9.22. The van der Waals surface area contributed by atoms with E-state index in [1.165, 1.54) is 6.33 Å². The Bertz CT molecular complexity index is 335. The van der Waals surface area contributed by atoms with Crippen molar-refractivity contribution in [2.24, 2.45) is 0 Å². The van der Waals surface area contributed by atoms with Crippen LogP contribution in [-0.4, -0.2) is 9.97 Å². The number of halogens is 2. The minimum atomic E-state index is 0.556. The van der Waals surface area contributed by atoms with E-state index >= 15 is 0 Å². The first-order chi connectivity index (χ1) is 5.27. The molecule has 0 spiro atoms. The first-order valence-corrected chi connectivity index (χ1v) is 4.30. The van der Waals surface area contributed by atoms with Crippen molar-refractivity contribution in [1.29, 1.82) is 0 Å². The summed E-state index contributed by atoms with van der Waals surface area (Å²) in [4.78, 5) is 7.95. The lowest BCUT2D eigenvalue weighted by molar-refractivity contribution is 1.10. The second-order valence-electron chi connectivity index (χ2n) is 2.30. The van der Waals surface area contributed by atoms with Crippen LogP contribution in [-0.2, 0) is 6.42 Å². The summed E-state index contributed by atoms with van der Waals surface area (Å²) < 4.78 is 1.11. The molecule has 0 saturated carbocycles. The number of hydrogen-bond donors (Lipinski definition) is 0. The summed E-state index contributed by atoms with van der Waals surface area (Å²) in [6.07, 6.45) is 4.25. The Hall–Kier alpha value is -0.410. The highest BCUT2D eigenvalue weighted by Crippen LogP contribution is 2.30. The van der Waals surface area contributed by atoms with E-state index < -0.39 is 0 Å². The highest BCUT2D eigenvalue weighted by atomic mass is 79.9. The summed E-state index contributed by atoms with van der Waals surface area (Å²) in [5, 5.41) is 0.556. The molecule has 0 aliphatic heterocycles. The van der Waals surface area contributed by atoms with Gasteiger partial charge in [0.1, 0.15) is 11.5 Å². The van der Waals surface area contributed by atoms with Crippen molar-refractivity contribution in [3.05, 3.63) is 27.2 Å². The maximum atomic E-state index is 5.83. The standard InChI is InChI=1S/C7H4BrClN2/c8-4-1-5-6(2-4)10-3-11-7(5)9/h2-3H,1H2. The molecule has 0 fully saturated rings. The van der Waals surface area contributed by atoms with Gasteiger partial charge in [-0.25, -0.2) is 9.97 Å². The Morgan fingerprint density at radius 3 is 3.00 bits per heavy atom. The molecule has 0 unspecified atom stereocenters. The molecule has 1 aliphatic rings. The molecule has 11 heavy (non-hydrogen) atoms. The number of fused-ring (bicyclic) bond motifs is 1. The van der Waals surface area contributed by atoms with Gasteiger partial charge in [0.05, 0.1) is 5.69 Å². The quantitative estimate of drug-likeness (QED) is 0.641. The third kappa shape index (κ3) is 1.19. The van der Waals surface area contributed by atoms with Gasteiger partial charge in [0, 0.05) is 16.5 Å². The Balaban J connectivity index is 2.59. The molecule has 0 atom stereocenters. The number of aromatic nitrogens is 2. The van der Waals surface area contributed by atoms with Gasteiger partial charge >= 0.3 is 0 Å². The highest BCUT2D eigenvalue weighted by molar-refractivity contribution is 9.11. The number of nitrogens with zero attached hydrogens (tertiary/aromatic N) is 2. The predicted octanol–water partition coefficient (Wildman–Crippen LogP) is 2.42. The number of hydrogen-bond acceptors (Lipinski definition) is 2. The van der Waals surface area contributed by atoms with Crippen molar-refractivity contribution >= 4 is 33.6 Å². The summed E-state index contributed by atoms with van der Waals surface area (Å²) in [7, 11) is 0. The van der Waals surface area contributed by atoms with Gasteiger partial charge in [-0.1, -0.05) is 27.5 Å². The second-order valence-corrected chi connectivity index (χ2v) is 3.67. The van der Waals surface area contributed by atoms with Crippen molar-refractivity contribution in [3.63, 3.8) is 0 Å². The lowest BCUT2D eigenvalue weighted by atomic mass is 10.2. The zero-order chi connectivity index (χ0) is 7.84. The first kappa shape index (κ1) is 7.25. The lowest BCUT2D eigenvalue weighted by Gasteiger charge is -1.96. The molecule has 2 rings (SSSR count). The van der Waals surface area contributed by atoms with Crippen LogP contribution in [0.2, 0.25) is 5.15 Å². The molecule has 0 bridgehead atoms. The topological polar surface area (TPSA) is 25.8 Å². The third-order valence-corrected chi connectivity index (χ3v) is 2.40. The molecular formula is C7H4BrClN2. The van der Waals surface area contributed by atoms with Gasteiger partial charge < -0.3 is 0 Å². The van der Waals surface area contributed by atoms with Crippen molar-refractivity contribution in [3.8, 4) is 0 Å².